The Morgan fingerprint density at radius 1 is 0.579 bits per heavy atom. The molecule has 0 saturated heterocycles. The van der Waals surface area contributed by atoms with Gasteiger partial charge in [0, 0.05) is 13.2 Å². The summed E-state index contributed by atoms with van der Waals surface area (Å²) in [5, 5.41) is 0. The molecule has 0 aliphatic carbocycles. The van der Waals surface area contributed by atoms with Gasteiger partial charge in [0.2, 0.25) is 0 Å². The first-order valence-electron chi connectivity index (χ1n) is 8.40. The summed E-state index contributed by atoms with van der Waals surface area (Å²) in [6.45, 7) is 10.6. The summed E-state index contributed by atoms with van der Waals surface area (Å²) in [6, 6.07) is 0. The van der Waals surface area contributed by atoms with Crippen LogP contribution >= 0.6 is 0 Å². The molecule has 19 heavy (non-hydrogen) atoms. The van der Waals surface area contributed by atoms with Gasteiger partial charge in [0.15, 0.2) is 0 Å². The predicted octanol–water partition coefficient (Wildman–Crippen LogP) is 5.66. The SMILES string of the molecule is CCCCCCCO[Si](C)(C)OCCCCCCC. The highest BCUT2D eigenvalue weighted by molar-refractivity contribution is 6.64. The molecule has 0 bridgehead atoms. The van der Waals surface area contributed by atoms with Crippen LogP contribution < -0.4 is 0 Å². The summed E-state index contributed by atoms with van der Waals surface area (Å²) in [5.41, 5.74) is 0. The Kier molecular flexibility index (Phi) is 13.2. The monoisotopic (exact) mass is 288 g/mol. The Balaban J connectivity index is 3.36. The van der Waals surface area contributed by atoms with Gasteiger partial charge in [-0.25, -0.2) is 0 Å². The Morgan fingerprint density at radius 3 is 1.32 bits per heavy atom. The third kappa shape index (κ3) is 14.4. The third-order valence-electron chi connectivity index (χ3n) is 3.40. The predicted molar refractivity (Wildman–Crippen MR) is 86.9 cm³/mol. The van der Waals surface area contributed by atoms with Crippen LogP contribution in [0.5, 0.6) is 0 Å². The molecule has 0 rings (SSSR count). The van der Waals surface area contributed by atoms with E-state index in [4.69, 9.17) is 8.85 Å². The zero-order valence-corrected chi connectivity index (χ0v) is 14.8. The van der Waals surface area contributed by atoms with Crippen molar-refractivity contribution in [3.05, 3.63) is 0 Å². The van der Waals surface area contributed by atoms with Crippen LogP contribution in [0.1, 0.15) is 78.1 Å². The second kappa shape index (κ2) is 13.1. The van der Waals surface area contributed by atoms with E-state index in [9.17, 15) is 0 Å². The minimum Gasteiger partial charge on any atom is -0.395 e. The lowest BCUT2D eigenvalue weighted by Gasteiger charge is -2.22. The van der Waals surface area contributed by atoms with E-state index in [2.05, 4.69) is 26.9 Å². The minimum absolute atomic E-state index is 0.888. The summed E-state index contributed by atoms with van der Waals surface area (Å²) < 4.78 is 11.9. The maximum Gasteiger partial charge on any atom is 0.331 e. The van der Waals surface area contributed by atoms with Gasteiger partial charge in [-0.3, -0.25) is 0 Å². The number of hydrogen-bond acceptors (Lipinski definition) is 2. The van der Waals surface area contributed by atoms with Gasteiger partial charge in [-0.2, -0.15) is 0 Å². The molecule has 0 radical (unpaired) electrons. The van der Waals surface area contributed by atoms with E-state index >= 15 is 0 Å². The molecule has 0 aliphatic heterocycles. The molecule has 0 N–H and O–H groups in total. The molecule has 0 unspecified atom stereocenters. The van der Waals surface area contributed by atoms with Crippen LogP contribution in [0.25, 0.3) is 0 Å². The first-order chi connectivity index (χ1) is 9.12. The summed E-state index contributed by atoms with van der Waals surface area (Å²) in [4.78, 5) is 0. The van der Waals surface area contributed by atoms with Crippen LogP contribution in [0.3, 0.4) is 0 Å². The lowest BCUT2D eigenvalue weighted by atomic mass is 10.2. The zero-order valence-electron chi connectivity index (χ0n) is 13.8. The minimum atomic E-state index is -1.84. The summed E-state index contributed by atoms with van der Waals surface area (Å²) in [7, 11) is -1.84. The van der Waals surface area contributed by atoms with Gasteiger partial charge < -0.3 is 8.85 Å². The Hall–Kier alpha value is 0.137. The second-order valence-electron chi connectivity index (χ2n) is 5.93. The first-order valence-corrected chi connectivity index (χ1v) is 11.2. The molecule has 0 atom stereocenters. The van der Waals surface area contributed by atoms with E-state index in [1.807, 2.05) is 0 Å². The van der Waals surface area contributed by atoms with Crippen molar-refractivity contribution in [3.8, 4) is 0 Å². The first kappa shape index (κ1) is 19.1. The second-order valence-corrected chi connectivity index (χ2v) is 9.30. The van der Waals surface area contributed by atoms with Crippen LogP contribution in [0.2, 0.25) is 13.1 Å². The molecule has 116 valence electrons. The molecule has 0 amide bonds. The van der Waals surface area contributed by atoms with Crippen LogP contribution in [0.15, 0.2) is 0 Å². The van der Waals surface area contributed by atoms with Gasteiger partial charge in [0.1, 0.15) is 0 Å². The number of hydrogen-bond donors (Lipinski definition) is 0. The molecule has 0 aliphatic rings. The van der Waals surface area contributed by atoms with Crippen LogP contribution in [0, 0.1) is 0 Å². The van der Waals surface area contributed by atoms with Gasteiger partial charge in [-0.05, 0) is 25.9 Å². The van der Waals surface area contributed by atoms with Crippen molar-refractivity contribution in [3.63, 3.8) is 0 Å². The third-order valence-corrected chi connectivity index (χ3v) is 5.19. The summed E-state index contributed by atoms with van der Waals surface area (Å²) in [5.74, 6) is 0. The lowest BCUT2D eigenvalue weighted by Crippen LogP contribution is -2.35. The number of unbranched alkanes of at least 4 members (excludes halogenated alkanes) is 8. The highest BCUT2D eigenvalue weighted by atomic mass is 28.4. The quantitative estimate of drug-likeness (QED) is 0.303. The fraction of sp³-hybridized carbons (Fsp3) is 1.00. The topological polar surface area (TPSA) is 18.5 Å². The summed E-state index contributed by atoms with van der Waals surface area (Å²) in [6.07, 6.45) is 13.0. The van der Waals surface area contributed by atoms with Crippen molar-refractivity contribution in [2.45, 2.75) is 91.1 Å². The Bertz CT molecular complexity index is 166. The van der Waals surface area contributed by atoms with Gasteiger partial charge in [-0.15, -0.1) is 0 Å². The van der Waals surface area contributed by atoms with E-state index in [1.165, 1.54) is 64.2 Å². The van der Waals surface area contributed by atoms with Crippen molar-refractivity contribution < 1.29 is 8.85 Å². The lowest BCUT2D eigenvalue weighted by molar-refractivity contribution is 0.172. The fourth-order valence-corrected chi connectivity index (χ4v) is 3.44. The van der Waals surface area contributed by atoms with Gasteiger partial charge in [-0.1, -0.05) is 65.2 Å². The van der Waals surface area contributed by atoms with Crippen molar-refractivity contribution in [2.24, 2.45) is 0 Å². The van der Waals surface area contributed by atoms with Gasteiger partial charge in [0.05, 0.1) is 0 Å². The van der Waals surface area contributed by atoms with E-state index in [1.54, 1.807) is 0 Å². The molecule has 3 heteroatoms. The van der Waals surface area contributed by atoms with E-state index < -0.39 is 8.56 Å². The smallest absolute Gasteiger partial charge is 0.331 e. The Labute approximate surface area is 122 Å². The average molecular weight is 289 g/mol. The largest absolute Gasteiger partial charge is 0.395 e. The highest BCUT2D eigenvalue weighted by Gasteiger charge is 2.23. The molecular formula is C16H36O2Si. The maximum atomic E-state index is 5.95. The fourth-order valence-electron chi connectivity index (χ4n) is 2.09. The van der Waals surface area contributed by atoms with Crippen LogP contribution in [-0.2, 0) is 8.85 Å². The average Bonchev–Trinajstić information content (AvgIpc) is 2.38. The van der Waals surface area contributed by atoms with Crippen molar-refractivity contribution in [2.75, 3.05) is 13.2 Å². The van der Waals surface area contributed by atoms with Gasteiger partial charge in [0.25, 0.3) is 0 Å². The molecule has 0 aromatic rings. The van der Waals surface area contributed by atoms with E-state index in [-0.39, 0.29) is 0 Å². The zero-order chi connectivity index (χ0) is 14.4. The standard InChI is InChI=1S/C16H36O2Si/c1-5-7-9-11-13-15-17-19(3,4)18-16-14-12-10-8-6-2/h5-16H2,1-4H3. The molecule has 0 heterocycles. The van der Waals surface area contributed by atoms with Gasteiger partial charge >= 0.3 is 8.56 Å². The van der Waals surface area contributed by atoms with Crippen molar-refractivity contribution in [1.29, 1.82) is 0 Å². The van der Waals surface area contributed by atoms with Crippen molar-refractivity contribution >= 4 is 8.56 Å². The molecular weight excluding hydrogens is 252 g/mol. The summed E-state index contributed by atoms with van der Waals surface area (Å²) >= 11 is 0. The molecule has 0 aromatic carbocycles. The molecule has 0 fully saturated rings. The molecule has 0 saturated carbocycles. The normalized spacial score (nSPS) is 12.0. The van der Waals surface area contributed by atoms with E-state index in [0.29, 0.717) is 0 Å². The molecule has 0 spiro atoms. The van der Waals surface area contributed by atoms with Crippen LogP contribution in [-0.4, -0.2) is 21.8 Å². The van der Waals surface area contributed by atoms with Crippen molar-refractivity contribution in [1.82, 2.24) is 0 Å². The Morgan fingerprint density at radius 2 is 0.947 bits per heavy atom. The van der Waals surface area contributed by atoms with Crippen LogP contribution in [0.4, 0.5) is 0 Å². The maximum absolute atomic E-state index is 5.95. The van der Waals surface area contributed by atoms with E-state index in [0.717, 1.165) is 13.2 Å². The molecule has 2 nitrogen and oxygen atoms in total. The molecule has 0 aromatic heterocycles. The number of rotatable bonds is 14. The highest BCUT2D eigenvalue weighted by Crippen LogP contribution is 2.11.